The Labute approximate surface area is 185 Å². The molecule has 32 heavy (non-hydrogen) atoms. The second-order valence-electron chi connectivity index (χ2n) is 8.20. The predicted molar refractivity (Wildman–Crippen MR) is 114 cm³/mol. The molecule has 0 radical (unpaired) electrons. The summed E-state index contributed by atoms with van der Waals surface area (Å²) in [5.41, 5.74) is 1.37. The summed E-state index contributed by atoms with van der Waals surface area (Å²) in [4.78, 5) is 35.6. The van der Waals surface area contributed by atoms with Gasteiger partial charge in [0, 0.05) is 37.8 Å². The van der Waals surface area contributed by atoms with E-state index in [4.69, 9.17) is 14.4 Å². The van der Waals surface area contributed by atoms with Crippen molar-refractivity contribution in [2.45, 2.75) is 57.7 Å². The molecule has 0 aromatic carbocycles. The molecule has 3 heterocycles. The summed E-state index contributed by atoms with van der Waals surface area (Å²) in [5, 5.41) is 23.3. The smallest absolute Gasteiger partial charge is 0.290 e. The fourth-order valence-electron chi connectivity index (χ4n) is 4.04. The number of amides is 2. The number of carbonyl (C=O) groups excluding carboxylic acids is 2. The summed E-state index contributed by atoms with van der Waals surface area (Å²) in [7, 11) is 0. The Hall–Kier alpha value is -3.21. The van der Waals surface area contributed by atoms with E-state index in [9.17, 15) is 9.59 Å². The molecule has 2 aromatic heterocycles. The Morgan fingerprint density at radius 3 is 2.66 bits per heavy atom. The second-order valence-corrected chi connectivity index (χ2v) is 8.20. The number of nitrogens with zero attached hydrogens (tertiary/aromatic N) is 3. The molecule has 1 aliphatic heterocycles. The maximum atomic E-state index is 12.4. The molecular weight excluding hydrogens is 416 g/mol. The Kier molecular flexibility index (Phi) is 8.37. The summed E-state index contributed by atoms with van der Waals surface area (Å²) in [6.07, 6.45) is 8.08. The van der Waals surface area contributed by atoms with E-state index < -0.39 is 0 Å². The summed E-state index contributed by atoms with van der Waals surface area (Å²) in [6.45, 7) is 3.52. The van der Waals surface area contributed by atoms with Crippen molar-refractivity contribution < 1.29 is 24.0 Å². The Balaban J connectivity index is 0.000000913. The molecule has 0 unspecified atom stereocenters. The number of nitrogens with one attached hydrogen (secondary N) is 3. The molecule has 2 fully saturated rings. The normalized spacial score (nSPS) is 20.3. The summed E-state index contributed by atoms with van der Waals surface area (Å²) in [6, 6.07) is 2.33. The molecule has 0 spiro atoms. The van der Waals surface area contributed by atoms with Gasteiger partial charge in [0.05, 0.1) is 18.4 Å². The number of hydrogen-bond acceptors (Lipinski definition) is 7. The first-order chi connectivity index (χ1) is 15.5. The van der Waals surface area contributed by atoms with Gasteiger partial charge in [0.1, 0.15) is 11.3 Å². The van der Waals surface area contributed by atoms with Crippen molar-refractivity contribution in [1.29, 1.82) is 0 Å². The molecule has 0 bridgehead atoms. The van der Waals surface area contributed by atoms with Gasteiger partial charge in [0.2, 0.25) is 5.91 Å². The number of aromatic amines is 1. The zero-order valence-electron chi connectivity index (χ0n) is 18.1. The molecule has 174 valence electrons. The van der Waals surface area contributed by atoms with Crippen molar-refractivity contribution in [2.24, 2.45) is 5.92 Å². The first kappa shape index (κ1) is 23.5. The first-order valence-corrected chi connectivity index (χ1v) is 10.8. The SMILES string of the molecule is Cc1oncc1C(=O)NC[C@@H]1CC[C@H](CC(=O)NCc2ccn[nH]2)N1CC1CC1.O=CO. The Morgan fingerprint density at radius 2 is 2.03 bits per heavy atom. The lowest BCUT2D eigenvalue weighted by atomic mass is 10.1. The van der Waals surface area contributed by atoms with Crippen LogP contribution in [-0.2, 0) is 16.1 Å². The first-order valence-electron chi connectivity index (χ1n) is 10.8. The monoisotopic (exact) mass is 446 g/mol. The lowest BCUT2D eigenvalue weighted by Gasteiger charge is -2.30. The van der Waals surface area contributed by atoms with Crippen LogP contribution >= 0.6 is 0 Å². The summed E-state index contributed by atoms with van der Waals surface area (Å²) >= 11 is 0. The third kappa shape index (κ3) is 6.64. The van der Waals surface area contributed by atoms with Gasteiger partial charge in [-0.1, -0.05) is 5.16 Å². The molecule has 4 rings (SSSR count). The van der Waals surface area contributed by atoms with Gasteiger partial charge in [-0.05, 0) is 44.6 Å². The number of hydrogen-bond donors (Lipinski definition) is 4. The van der Waals surface area contributed by atoms with Crippen LogP contribution < -0.4 is 10.6 Å². The van der Waals surface area contributed by atoms with E-state index in [1.54, 1.807) is 13.1 Å². The van der Waals surface area contributed by atoms with E-state index in [1.165, 1.54) is 19.0 Å². The second kappa shape index (κ2) is 11.4. The minimum absolute atomic E-state index is 0.0511. The van der Waals surface area contributed by atoms with Crippen LogP contribution in [0.15, 0.2) is 23.0 Å². The van der Waals surface area contributed by atoms with Crippen molar-refractivity contribution in [1.82, 2.24) is 30.9 Å². The molecule has 2 amide bonds. The van der Waals surface area contributed by atoms with E-state index >= 15 is 0 Å². The van der Waals surface area contributed by atoms with Gasteiger partial charge in [-0.25, -0.2) is 0 Å². The average Bonchev–Trinajstić information content (AvgIpc) is 3.13. The van der Waals surface area contributed by atoms with Crippen molar-refractivity contribution in [3.05, 3.63) is 35.5 Å². The van der Waals surface area contributed by atoms with Gasteiger partial charge >= 0.3 is 0 Å². The van der Waals surface area contributed by atoms with Gasteiger partial charge in [-0.2, -0.15) is 5.10 Å². The van der Waals surface area contributed by atoms with Crippen LogP contribution in [0.3, 0.4) is 0 Å². The van der Waals surface area contributed by atoms with Crippen LogP contribution in [0.25, 0.3) is 0 Å². The van der Waals surface area contributed by atoms with E-state index in [1.807, 2.05) is 6.07 Å². The van der Waals surface area contributed by atoms with Gasteiger partial charge in [0.25, 0.3) is 12.4 Å². The van der Waals surface area contributed by atoms with Crippen LogP contribution in [0.2, 0.25) is 0 Å². The number of aryl methyl sites for hydroxylation is 1. The standard InChI is InChI=1S/C20H28N6O3.CH2O2/c1-13-18(11-24-29-13)20(28)22-10-17-5-4-16(26(17)12-14-2-3-14)8-19(27)21-9-15-6-7-23-25-15;2-1-3/h6-7,11,14,16-17H,2-5,8-10,12H2,1H3,(H,21,27)(H,22,28)(H,23,25);1H,(H,2,3)/t16-,17+;/m1./s1. The molecule has 2 aliphatic rings. The van der Waals surface area contributed by atoms with Crippen molar-refractivity contribution in [3.63, 3.8) is 0 Å². The molecule has 1 saturated carbocycles. The zero-order chi connectivity index (χ0) is 22.9. The molecule has 4 N–H and O–H groups in total. The van der Waals surface area contributed by atoms with Crippen LogP contribution in [0.4, 0.5) is 0 Å². The molecular formula is C21H30N6O5. The molecule has 2 aromatic rings. The summed E-state index contributed by atoms with van der Waals surface area (Å²) < 4.78 is 4.98. The topological polar surface area (TPSA) is 153 Å². The molecule has 2 atom stereocenters. The third-order valence-electron chi connectivity index (χ3n) is 5.89. The van der Waals surface area contributed by atoms with E-state index in [0.717, 1.165) is 31.0 Å². The molecule has 11 nitrogen and oxygen atoms in total. The third-order valence-corrected chi connectivity index (χ3v) is 5.89. The van der Waals surface area contributed by atoms with Gasteiger partial charge in [0.15, 0.2) is 0 Å². The Morgan fingerprint density at radius 1 is 1.28 bits per heavy atom. The maximum Gasteiger partial charge on any atom is 0.290 e. The highest BCUT2D eigenvalue weighted by Gasteiger charge is 2.38. The van der Waals surface area contributed by atoms with Gasteiger partial charge in [-0.15, -0.1) is 0 Å². The number of likely N-dealkylation sites (tertiary alicyclic amines) is 1. The molecule has 11 heteroatoms. The fraction of sp³-hybridized carbons (Fsp3) is 0.571. The predicted octanol–water partition coefficient (Wildman–Crippen LogP) is 1.09. The van der Waals surface area contributed by atoms with E-state index in [0.29, 0.717) is 30.8 Å². The number of rotatable bonds is 9. The zero-order valence-corrected chi connectivity index (χ0v) is 18.1. The van der Waals surface area contributed by atoms with Crippen LogP contribution in [0, 0.1) is 12.8 Å². The lowest BCUT2D eigenvalue weighted by molar-refractivity contribution is -0.123. The van der Waals surface area contributed by atoms with E-state index in [2.05, 4.69) is 30.9 Å². The van der Waals surface area contributed by atoms with E-state index in [-0.39, 0.29) is 30.4 Å². The number of carbonyl (C=O) groups is 3. The Bertz CT molecular complexity index is 879. The van der Waals surface area contributed by atoms with Gasteiger partial charge in [-0.3, -0.25) is 24.4 Å². The highest BCUT2D eigenvalue weighted by molar-refractivity contribution is 5.94. The quantitative estimate of drug-likeness (QED) is 0.418. The average molecular weight is 447 g/mol. The minimum Gasteiger partial charge on any atom is -0.483 e. The van der Waals surface area contributed by atoms with Crippen LogP contribution in [-0.4, -0.2) is 68.8 Å². The number of aromatic nitrogens is 3. The van der Waals surface area contributed by atoms with Crippen molar-refractivity contribution in [3.8, 4) is 0 Å². The lowest BCUT2D eigenvalue weighted by Crippen LogP contribution is -2.45. The highest BCUT2D eigenvalue weighted by atomic mass is 16.5. The summed E-state index contributed by atoms with van der Waals surface area (Å²) in [5.74, 6) is 1.14. The van der Waals surface area contributed by atoms with Crippen molar-refractivity contribution >= 4 is 18.3 Å². The maximum absolute atomic E-state index is 12.4. The minimum atomic E-state index is -0.250. The largest absolute Gasteiger partial charge is 0.483 e. The van der Waals surface area contributed by atoms with Crippen LogP contribution in [0.5, 0.6) is 0 Å². The number of carboxylic acid groups (broad SMARTS) is 1. The number of H-pyrrole nitrogens is 1. The fourth-order valence-corrected chi connectivity index (χ4v) is 4.04. The molecule has 1 aliphatic carbocycles. The van der Waals surface area contributed by atoms with Crippen molar-refractivity contribution in [2.75, 3.05) is 13.1 Å². The molecule has 1 saturated heterocycles. The van der Waals surface area contributed by atoms with Gasteiger partial charge < -0.3 is 20.3 Å². The van der Waals surface area contributed by atoms with Crippen LogP contribution in [0.1, 0.15) is 53.9 Å². The highest BCUT2D eigenvalue weighted by Crippen LogP contribution is 2.35.